The van der Waals surface area contributed by atoms with Gasteiger partial charge in [0.25, 0.3) is 5.91 Å². The lowest BCUT2D eigenvalue weighted by Gasteiger charge is -2.07. The fourth-order valence-electron chi connectivity index (χ4n) is 2.53. The average Bonchev–Trinajstić information content (AvgIpc) is 2.96. The fraction of sp³-hybridized carbons (Fsp3) is 0.167. The molecule has 0 saturated carbocycles. The normalized spacial score (nSPS) is 10.8. The third-order valence-electron chi connectivity index (χ3n) is 3.63. The van der Waals surface area contributed by atoms with E-state index in [2.05, 4.69) is 40.8 Å². The summed E-state index contributed by atoms with van der Waals surface area (Å²) >= 11 is 4.10. The number of aromatic nitrogens is 1. The highest BCUT2D eigenvalue weighted by molar-refractivity contribution is 7.80. The summed E-state index contributed by atoms with van der Waals surface area (Å²) in [6, 6.07) is 18.2. The molecule has 0 aliphatic heterocycles. The maximum atomic E-state index is 12.0. The lowest BCUT2D eigenvalue weighted by atomic mass is 10.1. The first-order valence-corrected chi connectivity index (χ1v) is 7.93. The molecule has 2 aromatic carbocycles. The van der Waals surface area contributed by atoms with Crippen LogP contribution in [-0.2, 0) is 6.54 Å². The molecule has 0 spiro atoms. The topological polar surface area (TPSA) is 34.0 Å². The first kappa shape index (κ1) is 14.7. The number of fused-ring (bicyclic) bond motifs is 1. The van der Waals surface area contributed by atoms with Crippen molar-refractivity contribution in [2.75, 3.05) is 12.3 Å². The number of rotatable bonds is 5. The van der Waals surface area contributed by atoms with Gasteiger partial charge in [-0.05, 0) is 29.8 Å². The molecule has 0 aliphatic rings. The van der Waals surface area contributed by atoms with E-state index in [0.29, 0.717) is 17.9 Å². The molecule has 1 amide bonds. The molecule has 4 heteroatoms. The maximum absolute atomic E-state index is 12.0. The molecule has 3 nitrogen and oxygen atoms in total. The summed E-state index contributed by atoms with van der Waals surface area (Å²) in [6.45, 7) is 1.41. The van der Waals surface area contributed by atoms with Crippen molar-refractivity contribution in [3.8, 4) is 0 Å². The Hall–Kier alpha value is -2.20. The summed E-state index contributed by atoms with van der Waals surface area (Å²) in [6.07, 6.45) is 2.06. The number of carbonyl (C=O) groups excluding carboxylic acids is 1. The average molecular weight is 310 g/mol. The number of amides is 1. The standard InChI is InChI=1S/C18H18N2OS/c21-18(19-9-11-22)16-6-7-17-15(12-16)8-10-20(17)13-14-4-2-1-3-5-14/h1-8,10,12,22H,9,11,13H2,(H,19,21). The number of benzene rings is 2. The Morgan fingerprint density at radius 1 is 1.09 bits per heavy atom. The quantitative estimate of drug-likeness (QED) is 0.696. The molecular weight excluding hydrogens is 292 g/mol. The van der Waals surface area contributed by atoms with E-state index in [-0.39, 0.29) is 5.91 Å². The van der Waals surface area contributed by atoms with Gasteiger partial charge in [0.2, 0.25) is 0 Å². The Kier molecular flexibility index (Phi) is 4.49. The minimum absolute atomic E-state index is 0.0493. The van der Waals surface area contributed by atoms with E-state index in [1.165, 1.54) is 5.56 Å². The van der Waals surface area contributed by atoms with Gasteiger partial charge in [-0.1, -0.05) is 30.3 Å². The molecule has 0 saturated heterocycles. The van der Waals surface area contributed by atoms with Gasteiger partial charge in [0, 0.05) is 41.5 Å². The van der Waals surface area contributed by atoms with Crippen LogP contribution in [0, 0.1) is 0 Å². The fourth-order valence-corrected chi connectivity index (χ4v) is 2.64. The third kappa shape index (κ3) is 3.17. The highest BCUT2D eigenvalue weighted by Crippen LogP contribution is 2.19. The predicted octanol–water partition coefficient (Wildman–Crippen LogP) is 3.35. The SMILES string of the molecule is O=C(NCCS)c1ccc2c(ccn2Cc2ccccc2)c1. The maximum Gasteiger partial charge on any atom is 0.251 e. The molecule has 3 rings (SSSR count). The number of hydrogen-bond donors (Lipinski definition) is 2. The van der Waals surface area contributed by atoms with Crippen molar-refractivity contribution in [2.45, 2.75) is 6.54 Å². The molecule has 0 bridgehead atoms. The second-order valence-electron chi connectivity index (χ2n) is 5.18. The van der Waals surface area contributed by atoms with E-state index in [1.54, 1.807) is 0 Å². The van der Waals surface area contributed by atoms with Gasteiger partial charge in [-0.2, -0.15) is 12.6 Å². The van der Waals surface area contributed by atoms with Crippen LogP contribution in [0.25, 0.3) is 10.9 Å². The van der Waals surface area contributed by atoms with Crippen molar-refractivity contribution >= 4 is 29.4 Å². The zero-order valence-electron chi connectivity index (χ0n) is 12.2. The highest BCUT2D eigenvalue weighted by atomic mass is 32.1. The van der Waals surface area contributed by atoms with Gasteiger partial charge in [0.1, 0.15) is 0 Å². The lowest BCUT2D eigenvalue weighted by molar-refractivity contribution is 0.0956. The molecule has 0 atom stereocenters. The number of hydrogen-bond acceptors (Lipinski definition) is 2. The summed E-state index contributed by atoms with van der Waals surface area (Å²) in [5.41, 5.74) is 3.08. The molecule has 0 fully saturated rings. The zero-order chi connectivity index (χ0) is 15.4. The van der Waals surface area contributed by atoms with E-state index in [4.69, 9.17) is 0 Å². The van der Waals surface area contributed by atoms with Crippen LogP contribution in [-0.4, -0.2) is 22.8 Å². The van der Waals surface area contributed by atoms with Crippen molar-refractivity contribution < 1.29 is 4.79 Å². The Bertz CT molecular complexity index is 780. The van der Waals surface area contributed by atoms with Crippen molar-refractivity contribution in [1.29, 1.82) is 0 Å². The summed E-state index contributed by atoms with van der Waals surface area (Å²) < 4.78 is 2.19. The number of carbonyl (C=O) groups is 1. The minimum Gasteiger partial charge on any atom is -0.351 e. The molecule has 112 valence electrons. The van der Waals surface area contributed by atoms with Crippen LogP contribution >= 0.6 is 12.6 Å². The first-order chi connectivity index (χ1) is 10.8. The molecular formula is C18H18N2OS. The highest BCUT2D eigenvalue weighted by Gasteiger charge is 2.08. The Morgan fingerprint density at radius 2 is 1.91 bits per heavy atom. The first-order valence-electron chi connectivity index (χ1n) is 7.30. The van der Waals surface area contributed by atoms with Gasteiger partial charge in [-0.25, -0.2) is 0 Å². The van der Waals surface area contributed by atoms with E-state index in [1.807, 2.05) is 42.5 Å². The van der Waals surface area contributed by atoms with E-state index < -0.39 is 0 Å². The van der Waals surface area contributed by atoms with Gasteiger partial charge in [-0.15, -0.1) is 0 Å². The Balaban J connectivity index is 1.85. The van der Waals surface area contributed by atoms with Gasteiger partial charge in [0.15, 0.2) is 0 Å². The van der Waals surface area contributed by atoms with Crippen LogP contribution in [0.2, 0.25) is 0 Å². The zero-order valence-corrected chi connectivity index (χ0v) is 13.1. The van der Waals surface area contributed by atoms with Crippen molar-refractivity contribution in [2.24, 2.45) is 0 Å². The Morgan fingerprint density at radius 3 is 2.68 bits per heavy atom. The van der Waals surface area contributed by atoms with Gasteiger partial charge in [0.05, 0.1) is 0 Å². The second kappa shape index (κ2) is 6.71. The molecule has 1 heterocycles. The summed E-state index contributed by atoms with van der Waals surface area (Å²) in [4.78, 5) is 12.0. The number of nitrogens with one attached hydrogen (secondary N) is 1. The molecule has 1 aromatic heterocycles. The van der Waals surface area contributed by atoms with Crippen molar-refractivity contribution in [3.05, 3.63) is 71.9 Å². The lowest BCUT2D eigenvalue weighted by Crippen LogP contribution is -2.25. The van der Waals surface area contributed by atoms with E-state index in [0.717, 1.165) is 17.4 Å². The number of thiol groups is 1. The van der Waals surface area contributed by atoms with Crippen molar-refractivity contribution in [1.82, 2.24) is 9.88 Å². The molecule has 0 unspecified atom stereocenters. The smallest absolute Gasteiger partial charge is 0.251 e. The van der Waals surface area contributed by atoms with Crippen LogP contribution in [0.15, 0.2) is 60.8 Å². The van der Waals surface area contributed by atoms with Crippen LogP contribution in [0.4, 0.5) is 0 Å². The number of nitrogens with zero attached hydrogens (tertiary/aromatic N) is 1. The van der Waals surface area contributed by atoms with Crippen LogP contribution in [0.1, 0.15) is 15.9 Å². The minimum atomic E-state index is -0.0493. The van der Waals surface area contributed by atoms with E-state index in [9.17, 15) is 4.79 Å². The van der Waals surface area contributed by atoms with Crippen molar-refractivity contribution in [3.63, 3.8) is 0 Å². The largest absolute Gasteiger partial charge is 0.351 e. The van der Waals surface area contributed by atoms with Gasteiger partial charge >= 0.3 is 0 Å². The van der Waals surface area contributed by atoms with Crippen LogP contribution in [0.5, 0.6) is 0 Å². The molecule has 22 heavy (non-hydrogen) atoms. The van der Waals surface area contributed by atoms with Crippen LogP contribution < -0.4 is 5.32 Å². The van der Waals surface area contributed by atoms with Gasteiger partial charge in [-0.3, -0.25) is 4.79 Å². The second-order valence-corrected chi connectivity index (χ2v) is 5.63. The Labute approximate surface area is 135 Å². The summed E-state index contributed by atoms with van der Waals surface area (Å²) in [5.74, 6) is 0.591. The van der Waals surface area contributed by atoms with Crippen LogP contribution in [0.3, 0.4) is 0 Å². The van der Waals surface area contributed by atoms with E-state index >= 15 is 0 Å². The molecule has 3 aromatic rings. The molecule has 1 N–H and O–H groups in total. The summed E-state index contributed by atoms with van der Waals surface area (Å²) in [5, 5.41) is 3.92. The monoisotopic (exact) mass is 310 g/mol. The molecule has 0 radical (unpaired) electrons. The third-order valence-corrected chi connectivity index (χ3v) is 3.85. The predicted molar refractivity (Wildman–Crippen MR) is 93.7 cm³/mol. The summed E-state index contributed by atoms with van der Waals surface area (Å²) in [7, 11) is 0. The molecule has 0 aliphatic carbocycles. The van der Waals surface area contributed by atoms with Gasteiger partial charge < -0.3 is 9.88 Å².